The second kappa shape index (κ2) is 10.2. The van der Waals surface area contributed by atoms with Crippen molar-refractivity contribution in [1.82, 2.24) is 19.9 Å². The van der Waals surface area contributed by atoms with Gasteiger partial charge in [-0.2, -0.15) is 13.2 Å². The number of Topliss-reactive ketones (excluding diaryl/α,β-unsaturated/α-hetero) is 1. The number of carbonyl (C=O) groups excluding carboxylic acids is 2. The molecule has 2 N–H and O–H groups in total. The normalized spacial score (nSPS) is 12.3. The molecule has 0 spiro atoms. The van der Waals surface area contributed by atoms with Crippen molar-refractivity contribution in [2.24, 2.45) is 0 Å². The molecule has 3 rings (SSSR count). The van der Waals surface area contributed by atoms with E-state index in [0.29, 0.717) is 23.4 Å². The molecule has 1 amide bonds. The third-order valence-electron chi connectivity index (χ3n) is 4.37. The summed E-state index contributed by atoms with van der Waals surface area (Å²) in [6, 6.07) is 2.22. The molecule has 0 saturated heterocycles. The number of thiazole rings is 1. The van der Waals surface area contributed by atoms with Crippen LogP contribution in [-0.4, -0.2) is 38.2 Å². The van der Waals surface area contributed by atoms with Crippen LogP contribution in [-0.2, 0) is 6.18 Å². The number of amides is 1. The van der Waals surface area contributed by atoms with Crippen LogP contribution in [0.3, 0.4) is 0 Å². The van der Waals surface area contributed by atoms with Gasteiger partial charge in [0.1, 0.15) is 28.5 Å². The Labute approximate surface area is 195 Å². The van der Waals surface area contributed by atoms with Gasteiger partial charge in [-0.3, -0.25) is 9.59 Å². The smallest absolute Gasteiger partial charge is 0.370 e. The van der Waals surface area contributed by atoms with E-state index in [4.69, 9.17) is 11.6 Å². The van der Waals surface area contributed by atoms with E-state index in [0.717, 1.165) is 17.5 Å². The Kier molecular flexibility index (Phi) is 7.59. The highest BCUT2D eigenvalue weighted by molar-refractivity contribution is 7.13. The Bertz CT molecular complexity index is 1170. The van der Waals surface area contributed by atoms with Crippen molar-refractivity contribution in [1.29, 1.82) is 0 Å². The zero-order valence-corrected chi connectivity index (χ0v) is 19.0. The molecule has 13 heteroatoms. The predicted octanol–water partition coefficient (Wildman–Crippen LogP) is 5.06. The molecule has 0 aliphatic heterocycles. The minimum atomic E-state index is -4.68. The van der Waals surface area contributed by atoms with Gasteiger partial charge >= 0.3 is 6.18 Å². The summed E-state index contributed by atoms with van der Waals surface area (Å²) in [6.45, 7) is 4.33. The summed E-state index contributed by atoms with van der Waals surface area (Å²) in [5.41, 5.74) is -0.842. The molecule has 0 saturated carbocycles. The first kappa shape index (κ1) is 24.5. The highest BCUT2D eigenvalue weighted by Gasteiger charge is 2.34. The maximum atomic E-state index is 13.0. The van der Waals surface area contributed by atoms with Gasteiger partial charge in [-0.15, -0.1) is 11.3 Å². The Balaban J connectivity index is 1.67. The van der Waals surface area contributed by atoms with Crippen LogP contribution in [0.15, 0.2) is 30.9 Å². The maximum Gasteiger partial charge on any atom is 0.418 e. The van der Waals surface area contributed by atoms with Crippen LogP contribution in [0.1, 0.15) is 56.9 Å². The van der Waals surface area contributed by atoms with Crippen LogP contribution in [0.25, 0.3) is 0 Å². The van der Waals surface area contributed by atoms with Gasteiger partial charge in [-0.25, -0.2) is 19.9 Å². The lowest BCUT2D eigenvalue weighted by Crippen LogP contribution is -2.13. The lowest BCUT2D eigenvalue weighted by atomic mass is 10.0. The van der Waals surface area contributed by atoms with Crippen molar-refractivity contribution in [3.8, 4) is 0 Å². The second-order valence-electron chi connectivity index (χ2n) is 6.91. The molecule has 0 aliphatic carbocycles. The van der Waals surface area contributed by atoms with Crippen LogP contribution < -0.4 is 10.6 Å². The number of nitrogens with one attached hydrogen (secondary N) is 2. The number of alkyl halides is 3. The Morgan fingerprint density at radius 1 is 1.12 bits per heavy atom. The lowest BCUT2D eigenvalue weighted by molar-refractivity contribution is -0.137. The summed E-state index contributed by atoms with van der Waals surface area (Å²) in [5.74, 6) is -0.954. The van der Waals surface area contributed by atoms with E-state index in [-0.39, 0.29) is 34.5 Å². The van der Waals surface area contributed by atoms with E-state index >= 15 is 0 Å². The third kappa shape index (κ3) is 6.23. The van der Waals surface area contributed by atoms with Crippen molar-refractivity contribution < 1.29 is 22.8 Å². The van der Waals surface area contributed by atoms with E-state index in [1.807, 2.05) is 6.92 Å². The molecular formula is C20H18ClF3N6O2S. The highest BCUT2D eigenvalue weighted by atomic mass is 35.5. The minimum absolute atomic E-state index is 0.102. The monoisotopic (exact) mass is 498 g/mol. The summed E-state index contributed by atoms with van der Waals surface area (Å²) >= 11 is 6.57. The summed E-state index contributed by atoms with van der Waals surface area (Å²) in [6.07, 6.45) is -1.16. The van der Waals surface area contributed by atoms with Crippen LogP contribution in [0.5, 0.6) is 0 Å². The molecule has 0 aliphatic rings. The largest absolute Gasteiger partial charge is 0.418 e. The molecule has 1 unspecified atom stereocenters. The van der Waals surface area contributed by atoms with Crippen molar-refractivity contribution in [3.05, 3.63) is 57.0 Å². The number of aromatic nitrogens is 4. The Morgan fingerprint density at radius 3 is 2.58 bits per heavy atom. The lowest BCUT2D eigenvalue weighted by Gasteiger charge is -2.10. The number of ketones is 1. The zero-order valence-electron chi connectivity index (χ0n) is 17.4. The molecule has 8 nitrogen and oxygen atoms in total. The SMILES string of the molecule is CCNc1cc(C(=O)CC(C)c2ncc(C(=O)Nc3cc(C(F)(F)F)c(Cl)cn3)s2)ncn1. The number of pyridine rings is 1. The quantitative estimate of drug-likeness (QED) is 0.418. The summed E-state index contributed by atoms with van der Waals surface area (Å²) in [5, 5.41) is 5.26. The highest BCUT2D eigenvalue weighted by Crippen LogP contribution is 2.35. The molecule has 0 aromatic carbocycles. The van der Waals surface area contributed by atoms with Crippen LogP contribution in [0.4, 0.5) is 24.8 Å². The molecule has 33 heavy (non-hydrogen) atoms. The van der Waals surface area contributed by atoms with Gasteiger partial charge < -0.3 is 10.6 Å². The van der Waals surface area contributed by atoms with Gasteiger partial charge in [0, 0.05) is 31.1 Å². The number of anilines is 2. The summed E-state index contributed by atoms with van der Waals surface area (Å²) in [7, 11) is 0. The topological polar surface area (TPSA) is 110 Å². The van der Waals surface area contributed by atoms with E-state index < -0.39 is 22.7 Å². The van der Waals surface area contributed by atoms with Gasteiger partial charge in [-0.1, -0.05) is 18.5 Å². The first-order chi connectivity index (χ1) is 15.6. The predicted molar refractivity (Wildman–Crippen MR) is 118 cm³/mol. The van der Waals surface area contributed by atoms with E-state index in [9.17, 15) is 22.8 Å². The molecule has 3 aromatic heterocycles. The number of carbonyl (C=O) groups is 2. The van der Waals surface area contributed by atoms with E-state index in [2.05, 4.69) is 30.6 Å². The van der Waals surface area contributed by atoms with Crippen LogP contribution in [0.2, 0.25) is 5.02 Å². The van der Waals surface area contributed by atoms with E-state index in [1.165, 1.54) is 12.5 Å². The van der Waals surface area contributed by atoms with Gasteiger partial charge in [0.25, 0.3) is 5.91 Å². The number of nitrogens with zero attached hydrogens (tertiary/aromatic N) is 4. The molecule has 0 bridgehead atoms. The van der Waals surface area contributed by atoms with Crippen molar-refractivity contribution in [3.63, 3.8) is 0 Å². The number of halogens is 4. The Morgan fingerprint density at radius 2 is 1.88 bits per heavy atom. The van der Waals surface area contributed by atoms with Gasteiger partial charge in [0.2, 0.25) is 0 Å². The molecular weight excluding hydrogens is 481 g/mol. The van der Waals surface area contributed by atoms with Crippen molar-refractivity contribution in [2.45, 2.75) is 32.4 Å². The average molecular weight is 499 g/mol. The van der Waals surface area contributed by atoms with Gasteiger partial charge in [0.05, 0.1) is 21.8 Å². The van der Waals surface area contributed by atoms with Crippen LogP contribution in [0, 0.1) is 0 Å². The summed E-state index contributed by atoms with van der Waals surface area (Å²) < 4.78 is 39.0. The molecule has 0 radical (unpaired) electrons. The molecule has 3 heterocycles. The Hall–Kier alpha value is -3.12. The number of hydrogen-bond acceptors (Lipinski definition) is 8. The van der Waals surface area contributed by atoms with E-state index in [1.54, 1.807) is 13.0 Å². The third-order valence-corrected chi connectivity index (χ3v) is 5.90. The molecule has 1 atom stereocenters. The maximum absolute atomic E-state index is 13.0. The number of hydrogen-bond donors (Lipinski definition) is 2. The molecule has 0 fully saturated rings. The first-order valence-electron chi connectivity index (χ1n) is 9.67. The number of rotatable bonds is 8. The molecule has 3 aromatic rings. The second-order valence-corrected chi connectivity index (χ2v) is 8.38. The fourth-order valence-corrected chi connectivity index (χ4v) is 3.86. The summed E-state index contributed by atoms with van der Waals surface area (Å²) in [4.78, 5) is 41.1. The van der Waals surface area contributed by atoms with Gasteiger partial charge in [0.15, 0.2) is 5.78 Å². The first-order valence-corrected chi connectivity index (χ1v) is 10.9. The zero-order chi connectivity index (χ0) is 24.2. The van der Waals surface area contributed by atoms with Crippen LogP contribution >= 0.6 is 22.9 Å². The van der Waals surface area contributed by atoms with Gasteiger partial charge in [-0.05, 0) is 13.0 Å². The van der Waals surface area contributed by atoms with Crippen molar-refractivity contribution >= 4 is 46.3 Å². The fraction of sp³-hybridized carbons (Fsp3) is 0.300. The molecule has 174 valence electrons. The standard InChI is InChI=1S/C20H18ClF3N6O2S/c1-3-25-16-6-13(28-9-29-16)14(31)4-10(2)19-27-8-15(33-19)18(32)30-17-5-11(20(22,23)24)12(21)7-26-17/h5-10H,3-4H2,1-2H3,(H,25,28,29)(H,26,30,32). The minimum Gasteiger partial charge on any atom is -0.370 e. The van der Waals surface area contributed by atoms with Crippen molar-refractivity contribution in [2.75, 3.05) is 17.2 Å². The average Bonchev–Trinajstić information content (AvgIpc) is 3.25. The fourth-order valence-electron chi connectivity index (χ4n) is 2.78.